The number of fused-ring (bicyclic) bond motifs is 2. The number of piperazine rings is 1. The van der Waals surface area contributed by atoms with Crippen LogP contribution in [0.3, 0.4) is 0 Å². The number of hydrogen-bond donors (Lipinski definition) is 3. The molecule has 0 atom stereocenters. The van der Waals surface area contributed by atoms with Gasteiger partial charge in [-0.3, -0.25) is 0 Å². The van der Waals surface area contributed by atoms with Crippen molar-refractivity contribution in [1.29, 1.82) is 0 Å². The topological polar surface area (TPSA) is 117 Å². The van der Waals surface area contributed by atoms with Gasteiger partial charge in [-0.1, -0.05) is 11.3 Å². The number of carbonyl (C=O) groups excluding carboxylic acids is 1. The van der Waals surface area contributed by atoms with Crippen molar-refractivity contribution in [2.45, 2.75) is 6.42 Å². The molecular formula is C31H33FN8O3S. The first-order valence-electron chi connectivity index (χ1n) is 14.3. The van der Waals surface area contributed by atoms with Gasteiger partial charge in [0, 0.05) is 55.6 Å². The monoisotopic (exact) mass is 616 g/mol. The van der Waals surface area contributed by atoms with Gasteiger partial charge in [0.25, 0.3) is 0 Å². The lowest BCUT2D eigenvalue weighted by Gasteiger charge is -2.32. The fourth-order valence-electron chi connectivity index (χ4n) is 4.96. The molecule has 0 aliphatic carbocycles. The Balaban J connectivity index is 1.11. The summed E-state index contributed by atoms with van der Waals surface area (Å²) in [4.78, 5) is 30.9. The number of carbonyl (C=O) groups is 1. The highest BCUT2D eigenvalue weighted by Gasteiger charge is 2.16. The van der Waals surface area contributed by atoms with Gasteiger partial charge >= 0.3 is 6.03 Å². The summed E-state index contributed by atoms with van der Waals surface area (Å²) in [6.45, 7) is 5.97. The van der Waals surface area contributed by atoms with Crippen molar-refractivity contribution in [1.82, 2.24) is 24.8 Å². The van der Waals surface area contributed by atoms with Crippen LogP contribution in [0.25, 0.3) is 21.1 Å². The predicted octanol–water partition coefficient (Wildman–Crippen LogP) is 5.79. The summed E-state index contributed by atoms with van der Waals surface area (Å²) in [5, 5.41) is 10.2. The molecule has 44 heavy (non-hydrogen) atoms. The molecule has 2 amide bonds. The van der Waals surface area contributed by atoms with E-state index in [0.717, 1.165) is 60.3 Å². The first-order chi connectivity index (χ1) is 21.4. The second-order valence-electron chi connectivity index (χ2n) is 10.5. The third kappa shape index (κ3) is 7.13. The first kappa shape index (κ1) is 29.5. The van der Waals surface area contributed by atoms with Crippen LogP contribution < -0.4 is 25.4 Å². The average Bonchev–Trinajstić information content (AvgIpc) is 3.42. The van der Waals surface area contributed by atoms with Crippen LogP contribution in [0, 0.1) is 5.82 Å². The number of aromatic nitrogens is 3. The number of anilines is 4. The van der Waals surface area contributed by atoms with Crippen molar-refractivity contribution >= 4 is 60.8 Å². The number of amides is 2. The number of benzene rings is 3. The van der Waals surface area contributed by atoms with Crippen LogP contribution in [0.1, 0.15) is 6.42 Å². The number of hydrogen-bond acceptors (Lipinski definition) is 10. The van der Waals surface area contributed by atoms with Crippen LogP contribution in [0.5, 0.6) is 11.5 Å². The molecular weight excluding hydrogens is 583 g/mol. The Bertz CT molecular complexity index is 1760. The second-order valence-corrected chi connectivity index (χ2v) is 11.5. The molecule has 2 aromatic heterocycles. The predicted molar refractivity (Wildman–Crippen MR) is 172 cm³/mol. The van der Waals surface area contributed by atoms with E-state index in [-0.39, 0.29) is 5.82 Å². The van der Waals surface area contributed by atoms with Gasteiger partial charge in [-0.25, -0.2) is 24.1 Å². The summed E-state index contributed by atoms with van der Waals surface area (Å²) < 4.78 is 25.8. The Morgan fingerprint density at radius 2 is 1.73 bits per heavy atom. The zero-order chi connectivity index (χ0) is 30.5. The first-order valence-corrected chi connectivity index (χ1v) is 15.1. The standard InChI is InChI=1S/C31H33FN8O3S/c1-39-11-13-40(14-12-39)10-3-15-43-27-18-25-23(17-26(27)42-2)29(34-19-33-25)38-31-37-24-9-8-22(16-28(24)44-31)36-30(41)35-21-6-4-20(32)5-7-21/h4-9,16-19H,3,10-15H2,1-2H3,(H2,35,36,41)(H,33,34,37,38). The van der Waals surface area contributed by atoms with Gasteiger partial charge in [0.05, 0.1) is 29.5 Å². The summed E-state index contributed by atoms with van der Waals surface area (Å²) in [5.41, 5.74) is 2.57. The van der Waals surface area contributed by atoms with Gasteiger partial charge in [0.15, 0.2) is 16.6 Å². The minimum atomic E-state index is -0.432. The zero-order valence-corrected chi connectivity index (χ0v) is 25.3. The fraction of sp³-hybridized carbons (Fsp3) is 0.290. The van der Waals surface area contributed by atoms with Crippen molar-refractivity contribution in [3.05, 3.63) is 66.7 Å². The highest BCUT2D eigenvalue weighted by molar-refractivity contribution is 7.22. The molecule has 3 aromatic carbocycles. The molecule has 6 rings (SSSR count). The maximum Gasteiger partial charge on any atom is 0.323 e. The Labute approximate surface area is 258 Å². The number of halogens is 1. The largest absolute Gasteiger partial charge is 0.493 e. The second kappa shape index (κ2) is 13.4. The van der Waals surface area contributed by atoms with E-state index in [0.29, 0.717) is 40.4 Å². The van der Waals surface area contributed by atoms with Crippen LogP contribution in [-0.2, 0) is 0 Å². The lowest BCUT2D eigenvalue weighted by Crippen LogP contribution is -2.44. The Hall–Kier alpha value is -4.59. The maximum absolute atomic E-state index is 13.1. The molecule has 1 aliphatic heterocycles. The summed E-state index contributed by atoms with van der Waals surface area (Å²) in [7, 11) is 3.78. The molecule has 228 valence electrons. The third-order valence-corrected chi connectivity index (χ3v) is 8.30. The number of rotatable bonds is 10. The summed E-state index contributed by atoms with van der Waals surface area (Å²) in [6.07, 6.45) is 2.43. The quantitative estimate of drug-likeness (QED) is 0.168. The molecule has 5 aromatic rings. The van der Waals surface area contributed by atoms with Gasteiger partial charge in [-0.05, 0) is 62.0 Å². The molecule has 11 nitrogen and oxygen atoms in total. The minimum absolute atomic E-state index is 0.369. The molecule has 0 spiro atoms. The van der Waals surface area contributed by atoms with Crippen LogP contribution in [0.2, 0.25) is 0 Å². The smallest absolute Gasteiger partial charge is 0.323 e. The number of likely N-dealkylation sites (N-methyl/N-ethyl adjacent to an activating group) is 1. The molecule has 13 heteroatoms. The van der Waals surface area contributed by atoms with E-state index in [9.17, 15) is 9.18 Å². The number of thiazole rings is 1. The number of nitrogens with zero attached hydrogens (tertiary/aromatic N) is 5. The Morgan fingerprint density at radius 3 is 2.52 bits per heavy atom. The Morgan fingerprint density at radius 1 is 0.955 bits per heavy atom. The highest BCUT2D eigenvalue weighted by Crippen LogP contribution is 2.36. The lowest BCUT2D eigenvalue weighted by molar-refractivity contribution is 0.145. The van der Waals surface area contributed by atoms with E-state index in [4.69, 9.17) is 9.47 Å². The van der Waals surface area contributed by atoms with Gasteiger partial charge in [0.2, 0.25) is 0 Å². The van der Waals surface area contributed by atoms with Crippen LogP contribution in [0.4, 0.5) is 31.5 Å². The summed E-state index contributed by atoms with van der Waals surface area (Å²) in [6, 6.07) is 14.3. The van der Waals surface area contributed by atoms with Gasteiger partial charge < -0.3 is 35.2 Å². The van der Waals surface area contributed by atoms with Crippen LogP contribution >= 0.6 is 11.3 Å². The average molecular weight is 617 g/mol. The SMILES string of the molecule is COc1cc2c(Nc3nc4ccc(NC(=O)Nc5ccc(F)cc5)cc4s3)ncnc2cc1OCCCN1CCN(C)CC1. The van der Waals surface area contributed by atoms with Crippen molar-refractivity contribution < 1.29 is 18.7 Å². The normalized spacial score (nSPS) is 14.1. The number of methoxy groups -OCH3 is 1. The van der Waals surface area contributed by atoms with Gasteiger partial charge in [0.1, 0.15) is 18.0 Å². The molecule has 1 aliphatic rings. The van der Waals surface area contributed by atoms with Crippen molar-refractivity contribution in [3.8, 4) is 11.5 Å². The molecule has 0 unspecified atom stereocenters. The number of ether oxygens (including phenoxy) is 2. The van der Waals surface area contributed by atoms with Crippen molar-refractivity contribution in [3.63, 3.8) is 0 Å². The van der Waals surface area contributed by atoms with Gasteiger partial charge in [-0.15, -0.1) is 0 Å². The van der Waals surface area contributed by atoms with Crippen molar-refractivity contribution in [2.24, 2.45) is 0 Å². The van der Waals surface area contributed by atoms with E-state index in [1.165, 1.54) is 41.9 Å². The highest BCUT2D eigenvalue weighted by atomic mass is 32.1. The van der Waals surface area contributed by atoms with E-state index >= 15 is 0 Å². The van der Waals surface area contributed by atoms with E-state index < -0.39 is 6.03 Å². The summed E-state index contributed by atoms with van der Waals surface area (Å²) in [5.74, 6) is 1.47. The molecule has 0 bridgehead atoms. The van der Waals surface area contributed by atoms with Crippen LogP contribution in [-0.4, -0.2) is 84.3 Å². The third-order valence-electron chi connectivity index (χ3n) is 7.37. The molecule has 1 fully saturated rings. The maximum atomic E-state index is 13.1. The Kier molecular flexibility index (Phi) is 8.96. The number of nitrogens with one attached hydrogen (secondary N) is 3. The van der Waals surface area contributed by atoms with Crippen LogP contribution in [0.15, 0.2) is 60.9 Å². The zero-order valence-electron chi connectivity index (χ0n) is 24.5. The molecule has 1 saturated heterocycles. The summed E-state index contributed by atoms with van der Waals surface area (Å²) >= 11 is 1.43. The van der Waals surface area contributed by atoms with Gasteiger partial charge in [-0.2, -0.15) is 0 Å². The molecule has 3 heterocycles. The van der Waals surface area contributed by atoms with Crippen molar-refractivity contribution in [2.75, 3.05) is 69.4 Å². The molecule has 0 saturated carbocycles. The molecule has 0 radical (unpaired) electrons. The number of urea groups is 1. The lowest BCUT2D eigenvalue weighted by atomic mass is 10.2. The van der Waals surface area contributed by atoms with E-state index in [1.807, 2.05) is 24.3 Å². The van der Waals surface area contributed by atoms with E-state index in [2.05, 4.69) is 47.7 Å². The molecule has 3 N–H and O–H groups in total. The van der Waals surface area contributed by atoms with E-state index in [1.54, 1.807) is 13.2 Å². The fourth-order valence-corrected chi connectivity index (χ4v) is 5.87. The minimum Gasteiger partial charge on any atom is -0.493 e.